The van der Waals surface area contributed by atoms with Crippen molar-refractivity contribution in [2.24, 2.45) is 5.92 Å². The summed E-state index contributed by atoms with van der Waals surface area (Å²) in [5.41, 5.74) is 0.856. The van der Waals surface area contributed by atoms with Gasteiger partial charge in [-0.2, -0.15) is 0 Å². The summed E-state index contributed by atoms with van der Waals surface area (Å²) < 4.78 is 25.8. The largest absolute Gasteiger partial charge is 0.302 e. The zero-order valence-electron chi connectivity index (χ0n) is 13.5. The van der Waals surface area contributed by atoms with E-state index in [4.69, 9.17) is 0 Å². The highest BCUT2D eigenvalue weighted by atomic mass is 32.2. The summed E-state index contributed by atoms with van der Waals surface area (Å²) in [6.07, 6.45) is 4.59. The van der Waals surface area contributed by atoms with Gasteiger partial charge in [0.1, 0.15) is 0 Å². The molecule has 1 N–H and O–H groups in total. The zero-order valence-corrected chi connectivity index (χ0v) is 15.9. The van der Waals surface area contributed by atoms with E-state index >= 15 is 0 Å². The van der Waals surface area contributed by atoms with Gasteiger partial charge in [0.05, 0.1) is 22.4 Å². The van der Waals surface area contributed by atoms with E-state index in [1.54, 1.807) is 11.8 Å². The molecule has 1 saturated heterocycles. The number of nitrogens with one attached hydrogen (secondary N) is 1. The molecule has 1 aromatic carbocycles. The number of piperidine rings is 1. The van der Waals surface area contributed by atoms with E-state index in [2.05, 4.69) is 16.4 Å². The summed E-state index contributed by atoms with van der Waals surface area (Å²) in [5.74, 6) is -0.491. The number of rotatable bonds is 4. The van der Waals surface area contributed by atoms with Crippen molar-refractivity contribution in [3.05, 3.63) is 18.2 Å². The Bertz CT molecular complexity index is 863. The Morgan fingerprint density at radius 2 is 2.25 bits per heavy atom. The maximum Gasteiger partial charge on any atom is 0.230 e. The molecule has 24 heavy (non-hydrogen) atoms. The summed E-state index contributed by atoms with van der Waals surface area (Å²) in [4.78, 5) is 18.1. The molecule has 0 aliphatic carbocycles. The minimum absolute atomic E-state index is 0.160. The lowest BCUT2D eigenvalue weighted by Gasteiger charge is -2.29. The van der Waals surface area contributed by atoms with Crippen molar-refractivity contribution in [2.75, 3.05) is 30.9 Å². The predicted octanol–water partition coefficient (Wildman–Crippen LogP) is 2.63. The van der Waals surface area contributed by atoms with Crippen LogP contribution in [0.1, 0.15) is 12.8 Å². The number of thioether (sulfide) groups is 1. The summed E-state index contributed by atoms with van der Waals surface area (Å²) in [7, 11) is -3.26. The number of anilines is 1. The second-order valence-corrected chi connectivity index (χ2v) is 9.69. The molecule has 0 saturated carbocycles. The Hall–Kier alpha value is -1.16. The molecule has 1 atom stereocenters. The van der Waals surface area contributed by atoms with Crippen LogP contribution in [0.5, 0.6) is 0 Å². The lowest BCUT2D eigenvalue weighted by Crippen LogP contribution is -2.43. The third-order valence-corrected chi connectivity index (χ3v) is 6.98. The second kappa shape index (κ2) is 6.99. The van der Waals surface area contributed by atoms with Gasteiger partial charge in [-0.1, -0.05) is 11.3 Å². The topological polar surface area (TPSA) is 79.4 Å². The number of carbonyl (C=O) groups excluding carboxylic acids is 1. The average Bonchev–Trinajstić information content (AvgIpc) is 2.95. The summed E-state index contributed by atoms with van der Waals surface area (Å²) in [5, 5.41) is 3.41. The fourth-order valence-electron chi connectivity index (χ4n) is 2.75. The van der Waals surface area contributed by atoms with Crippen LogP contribution in [-0.4, -0.2) is 49.2 Å². The highest BCUT2D eigenvalue weighted by molar-refractivity contribution is 7.98. The van der Waals surface area contributed by atoms with Crippen LogP contribution in [0.15, 0.2) is 23.1 Å². The van der Waals surface area contributed by atoms with Gasteiger partial charge >= 0.3 is 0 Å². The lowest BCUT2D eigenvalue weighted by atomic mass is 9.99. The maximum absolute atomic E-state index is 12.5. The van der Waals surface area contributed by atoms with Gasteiger partial charge in [-0.05, 0) is 37.3 Å². The Morgan fingerprint density at radius 3 is 2.96 bits per heavy atom. The number of sulfonamides is 1. The van der Waals surface area contributed by atoms with Crippen molar-refractivity contribution < 1.29 is 13.2 Å². The van der Waals surface area contributed by atoms with E-state index < -0.39 is 10.0 Å². The molecule has 1 fully saturated rings. The summed E-state index contributed by atoms with van der Waals surface area (Å²) in [6, 6.07) is 6.00. The number of benzene rings is 1. The molecule has 2 heterocycles. The number of thiazole rings is 1. The molecule has 1 amide bonds. The van der Waals surface area contributed by atoms with Gasteiger partial charge in [0.15, 0.2) is 5.13 Å². The molecule has 9 heteroatoms. The normalized spacial score (nSPS) is 19.5. The van der Waals surface area contributed by atoms with Crippen molar-refractivity contribution in [1.29, 1.82) is 0 Å². The molecule has 6 nitrogen and oxygen atoms in total. The number of hydrogen-bond acceptors (Lipinski definition) is 6. The van der Waals surface area contributed by atoms with Crippen molar-refractivity contribution in [1.82, 2.24) is 9.29 Å². The Balaban J connectivity index is 1.72. The van der Waals surface area contributed by atoms with Crippen LogP contribution in [-0.2, 0) is 14.8 Å². The summed E-state index contributed by atoms with van der Waals surface area (Å²) >= 11 is 3.10. The quantitative estimate of drug-likeness (QED) is 0.819. The number of aromatic nitrogens is 1. The third kappa shape index (κ3) is 3.90. The van der Waals surface area contributed by atoms with E-state index in [0.717, 1.165) is 15.1 Å². The minimum Gasteiger partial charge on any atom is -0.302 e. The van der Waals surface area contributed by atoms with Crippen molar-refractivity contribution >= 4 is 54.4 Å². The van der Waals surface area contributed by atoms with E-state index in [-0.39, 0.29) is 18.4 Å². The molecule has 3 rings (SSSR count). The molecule has 130 valence electrons. The molecular weight excluding hydrogens is 366 g/mol. The zero-order chi connectivity index (χ0) is 17.3. The number of fused-ring (bicyclic) bond motifs is 1. The smallest absolute Gasteiger partial charge is 0.230 e. The monoisotopic (exact) mass is 385 g/mol. The first-order valence-electron chi connectivity index (χ1n) is 7.57. The highest BCUT2D eigenvalue weighted by Gasteiger charge is 2.30. The molecular formula is C15H19N3O3S3. The van der Waals surface area contributed by atoms with Gasteiger partial charge in [-0.25, -0.2) is 17.7 Å². The van der Waals surface area contributed by atoms with Gasteiger partial charge in [0.2, 0.25) is 15.9 Å². The van der Waals surface area contributed by atoms with Crippen LogP contribution in [0.2, 0.25) is 0 Å². The molecule has 1 aliphatic rings. The van der Waals surface area contributed by atoms with Crippen molar-refractivity contribution in [2.45, 2.75) is 17.7 Å². The van der Waals surface area contributed by atoms with E-state index in [1.807, 2.05) is 18.4 Å². The fraction of sp³-hybridized carbons (Fsp3) is 0.467. The van der Waals surface area contributed by atoms with Crippen LogP contribution in [0.4, 0.5) is 5.13 Å². The number of carbonyl (C=O) groups is 1. The fourth-order valence-corrected chi connectivity index (χ4v) is 5.08. The number of hydrogen-bond donors (Lipinski definition) is 1. The van der Waals surface area contributed by atoms with E-state index in [0.29, 0.717) is 24.5 Å². The molecule has 0 radical (unpaired) electrons. The third-order valence-electron chi connectivity index (χ3n) is 4.05. The van der Waals surface area contributed by atoms with Crippen LogP contribution in [0.25, 0.3) is 10.2 Å². The Labute approximate surface area is 149 Å². The average molecular weight is 386 g/mol. The molecule has 2 aromatic rings. The van der Waals surface area contributed by atoms with E-state index in [1.165, 1.54) is 21.9 Å². The van der Waals surface area contributed by atoms with Gasteiger partial charge in [0.25, 0.3) is 0 Å². The van der Waals surface area contributed by atoms with Crippen LogP contribution >= 0.6 is 23.1 Å². The van der Waals surface area contributed by atoms with Crippen LogP contribution in [0.3, 0.4) is 0 Å². The highest BCUT2D eigenvalue weighted by Crippen LogP contribution is 2.30. The van der Waals surface area contributed by atoms with Crippen molar-refractivity contribution in [3.63, 3.8) is 0 Å². The van der Waals surface area contributed by atoms with Gasteiger partial charge in [-0.3, -0.25) is 4.79 Å². The molecule has 0 bridgehead atoms. The first-order valence-corrected chi connectivity index (χ1v) is 11.5. The SMILES string of the molecule is CSc1ccc2nc(NC(=O)C3CCCN(S(C)(=O)=O)C3)sc2c1. The predicted molar refractivity (Wildman–Crippen MR) is 99.2 cm³/mol. The first-order chi connectivity index (χ1) is 11.4. The minimum atomic E-state index is -3.26. The lowest BCUT2D eigenvalue weighted by molar-refractivity contribution is -0.120. The second-order valence-electron chi connectivity index (χ2n) is 5.80. The van der Waals surface area contributed by atoms with Gasteiger partial charge in [0, 0.05) is 18.0 Å². The Kier molecular flexibility index (Phi) is 5.14. The molecule has 1 aromatic heterocycles. The van der Waals surface area contributed by atoms with Gasteiger partial charge in [-0.15, -0.1) is 11.8 Å². The standard InChI is InChI=1S/C15H19N3O3S3/c1-22-11-5-6-12-13(8-11)23-15(16-12)17-14(19)10-4-3-7-18(9-10)24(2,20)21/h5-6,8,10H,3-4,7,9H2,1-2H3,(H,16,17,19). The van der Waals surface area contributed by atoms with Crippen LogP contribution < -0.4 is 5.32 Å². The molecule has 0 spiro atoms. The molecule has 1 unspecified atom stereocenters. The maximum atomic E-state index is 12.5. The van der Waals surface area contributed by atoms with E-state index in [9.17, 15) is 13.2 Å². The number of amides is 1. The van der Waals surface area contributed by atoms with Crippen molar-refractivity contribution in [3.8, 4) is 0 Å². The Morgan fingerprint density at radius 1 is 1.46 bits per heavy atom. The summed E-state index contributed by atoms with van der Waals surface area (Å²) in [6.45, 7) is 0.730. The van der Waals surface area contributed by atoms with Crippen LogP contribution in [0, 0.1) is 5.92 Å². The molecule has 1 aliphatic heterocycles. The number of nitrogens with zero attached hydrogens (tertiary/aromatic N) is 2. The first kappa shape index (κ1) is 17.7. The van der Waals surface area contributed by atoms with Gasteiger partial charge < -0.3 is 5.32 Å².